The lowest BCUT2D eigenvalue weighted by atomic mass is 10.1. The molecule has 0 spiro atoms. The lowest BCUT2D eigenvalue weighted by Crippen LogP contribution is -2.39. The SMILES string of the molecule is O=C(CCN1C(=O)/C(=C/c2ccc(F)cc2)SC1=S)N(Cc1ccc(Cl)cc1)CC1CCCO1. The van der Waals surface area contributed by atoms with E-state index in [9.17, 15) is 14.0 Å². The van der Waals surface area contributed by atoms with E-state index in [2.05, 4.69) is 0 Å². The smallest absolute Gasteiger partial charge is 0.266 e. The number of rotatable bonds is 8. The van der Waals surface area contributed by atoms with Crippen LogP contribution in [-0.2, 0) is 20.9 Å². The molecule has 2 aromatic carbocycles. The second-order valence-corrected chi connectivity index (χ2v) is 10.3. The van der Waals surface area contributed by atoms with Crippen LogP contribution in [-0.4, -0.2) is 51.7 Å². The standard InChI is InChI=1S/C25H24ClFN2O3S2/c26-19-7-3-18(4-8-19)15-28(16-21-2-1-13-32-21)23(30)11-12-29-24(31)22(34-25(29)33)14-17-5-9-20(27)10-6-17/h3-10,14,21H,1-2,11-13,15-16H2/b22-14-. The molecular weight excluding hydrogens is 495 g/mol. The number of hydrogen-bond donors (Lipinski definition) is 0. The second-order valence-electron chi connectivity index (χ2n) is 8.17. The molecule has 0 bridgehead atoms. The highest BCUT2D eigenvalue weighted by Gasteiger charge is 2.33. The van der Waals surface area contributed by atoms with Crippen molar-refractivity contribution in [2.24, 2.45) is 0 Å². The molecule has 2 fully saturated rings. The summed E-state index contributed by atoms with van der Waals surface area (Å²) in [6.07, 6.45) is 3.77. The van der Waals surface area contributed by atoms with E-state index >= 15 is 0 Å². The number of amides is 2. The minimum absolute atomic E-state index is 0.0199. The Morgan fingerprint density at radius 2 is 1.97 bits per heavy atom. The molecule has 2 aliphatic rings. The molecule has 0 radical (unpaired) electrons. The van der Waals surface area contributed by atoms with Gasteiger partial charge in [-0.05, 0) is 54.3 Å². The average molecular weight is 519 g/mol. The molecular formula is C25H24ClFN2O3S2. The van der Waals surface area contributed by atoms with E-state index in [1.54, 1.807) is 35.2 Å². The first-order valence-corrected chi connectivity index (χ1v) is 12.6. The van der Waals surface area contributed by atoms with E-state index in [4.69, 9.17) is 28.6 Å². The average Bonchev–Trinajstić information content (AvgIpc) is 3.42. The fraction of sp³-hybridized carbons (Fsp3) is 0.320. The van der Waals surface area contributed by atoms with Crippen molar-refractivity contribution in [3.8, 4) is 0 Å². The first-order chi connectivity index (χ1) is 16.4. The Balaban J connectivity index is 1.40. The number of thiocarbonyl (C=S) groups is 1. The lowest BCUT2D eigenvalue weighted by Gasteiger charge is -2.26. The van der Waals surface area contributed by atoms with Gasteiger partial charge in [0, 0.05) is 37.7 Å². The van der Waals surface area contributed by atoms with E-state index in [0.29, 0.717) is 39.5 Å². The van der Waals surface area contributed by atoms with Gasteiger partial charge in [-0.3, -0.25) is 14.5 Å². The quantitative estimate of drug-likeness (QED) is 0.351. The minimum Gasteiger partial charge on any atom is -0.376 e. The van der Waals surface area contributed by atoms with Gasteiger partial charge in [-0.1, -0.05) is 59.8 Å². The number of ether oxygens (including phenoxy) is 1. The highest BCUT2D eigenvalue weighted by Crippen LogP contribution is 2.32. The molecule has 0 saturated carbocycles. The zero-order valence-electron chi connectivity index (χ0n) is 18.4. The fourth-order valence-corrected chi connectivity index (χ4v) is 5.30. The van der Waals surface area contributed by atoms with Gasteiger partial charge in [0.2, 0.25) is 5.91 Å². The second kappa shape index (κ2) is 11.4. The van der Waals surface area contributed by atoms with Crippen LogP contribution >= 0.6 is 35.6 Å². The maximum Gasteiger partial charge on any atom is 0.266 e. The fourth-order valence-electron chi connectivity index (χ4n) is 3.87. The van der Waals surface area contributed by atoms with E-state index in [0.717, 1.165) is 18.4 Å². The summed E-state index contributed by atoms with van der Waals surface area (Å²) in [7, 11) is 0. The lowest BCUT2D eigenvalue weighted by molar-refractivity contribution is -0.134. The summed E-state index contributed by atoms with van der Waals surface area (Å²) in [5, 5.41) is 0.642. The van der Waals surface area contributed by atoms with Crippen LogP contribution in [0, 0.1) is 5.82 Å². The van der Waals surface area contributed by atoms with Gasteiger partial charge >= 0.3 is 0 Å². The monoisotopic (exact) mass is 518 g/mol. The Labute approximate surface area is 212 Å². The van der Waals surface area contributed by atoms with Crippen LogP contribution < -0.4 is 0 Å². The van der Waals surface area contributed by atoms with Crippen LogP contribution in [0.4, 0.5) is 4.39 Å². The summed E-state index contributed by atoms with van der Waals surface area (Å²) >= 11 is 12.6. The van der Waals surface area contributed by atoms with Gasteiger partial charge in [0.05, 0.1) is 11.0 Å². The molecule has 1 atom stereocenters. The number of halogens is 2. The summed E-state index contributed by atoms with van der Waals surface area (Å²) in [5.41, 5.74) is 1.69. The number of nitrogens with zero attached hydrogens (tertiary/aromatic N) is 2. The van der Waals surface area contributed by atoms with Crippen molar-refractivity contribution in [2.45, 2.75) is 31.9 Å². The van der Waals surface area contributed by atoms with Crippen LogP contribution in [0.15, 0.2) is 53.4 Å². The molecule has 0 aromatic heterocycles. The molecule has 0 N–H and O–H groups in total. The van der Waals surface area contributed by atoms with Crippen molar-refractivity contribution >= 4 is 57.8 Å². The Kier molecular flexibility index (Phi) is 8.37. The molecule has 5 nitrogen and oxygen atoms in total. The highest BCUT2D eigenvalue weighted by atomic mass is 35.5. The first-order valence-electron chi connectivity index (χ1n) is 11.0. The number of benzene rings is 2. The Bertz CT molecular complexity index is 1090. The van der Waals surface area contributed by atoms with E-state index < -0.39 is 0 Å². The molecule has 4 rings (SSSR count). The van der Waals surface area contributed by atoms with Crippen molar-refractivity contribution in [3.05, 3.63) is 75.4 Å². The van der Waals surface area contributed by atoms with Gasteiger partial charge in [0.1, 0.15) is 10.1 Å². The van der Waals surface area contributed by atoms with Gasteiger partial charge in [-0.25, -0.2) is 4.39 Å². The molecule has 2 heterocycles. The van der Waals surface area contributed by atoms with Crippen LogP contribution in [0.25, 0.3) is 6.08 Å². The van der Waals surface area contributed by atoms with Crippen LogP contribution in [0.5, 0.6) is 0 Å². The van der Waals surface area contributed by atoms with Gasteiger partial charge in [0.15, 0.2) is 0 Å². The van der Waals surface area contributed by atoms with Crippen LogP contribution in [0.2, 0.25) is 5.02 Å². The Morgan fingerprint density at radius 3 is 2.65 bits per heavy atom. The maximum absolute atomic E-state index is 13.2. The summed E-state index contributed by atoms with van der Waals surface area (Å²) in [6, 6.07) is 13.3. The Morgan fingerprint density at radius 1 is 1.24 bits per heavy atom. The van der Waals surface area contributed by atoms with Crippen molar-refractivity contribution in [2.75, 3.05) is 19.7 Å². The van der Waals surface area contributed by atoms with Gasteiger partial charge in [-0.15, -0.1) is 0 Å². The number of hydrogen-bond acceptors (Lipinski definition) is 5. The number of carbonyl (C=O) groups is 2. The summed E-state index contributed by atoms with van der Waals surface area (Å²) in [5.74, 6) is -0.646. The third kappa shape index (κ3) is 6.44. The first kappa shape index (κ1) is 24.9. The van der Waals surface area contributed by atoms with Crippen molar-refractivity contribution in [1.29, 1.82) is 0 Å². The third-order valence-electron chi connectivity index (χ3n) is 5.68. The largest absolute Gasteiger partial charge is 0.376 e. The number of carbonyl (C=O) groups excluding carboxylic acids is 2. The molecule has 2 saturated heterocycles. The third-order valence-corrected chi connectivity index (χ3v) is 7.31. The molecule has 2 amide bonds. The Hall–Kier alpha value is -2.26. The van der Waals surface area contributed by atoms with Crippen molar-refractivity contribution < 1.29 is 18.7 Å². The molecule has 34 heavy (non-hydrogen) atoms. The molecule has 178 valence electrons. The highest BCUT2D eigenvalue weighted by molar-refractivity contribution is 8.26. The van der Waals surface area contributed by atoms with E-state index in [1.807, 2.05) is 12.1 Å². The van der Waals surface area contributed by atoms with Crippen molar-refractivity contribution in [3.63, 3.8) is 0 Å². The molecule has 2 aliphatic heterocycles. The predicted octanol–water partition coefficient (Wildman–Crippen LogP) is 5.28. The molecule has 2 aromatic rings. The predicted molar refractivity (Wildman–Crippen MR) is 137 cm³/mol. The summed E-state index contributed by atoms with van der Waals surface area (Å²) < 4.78 is 19.3. The van der Waals surface area contributed by atoms with Gasteiger partial charge in [-0.2, -0.15) is 0 Å². The molecule has 0 aliphatic carbocycles. The normalized spacial score (nSPS) is 19.3. The number of thioether (sulfide) groups is 1. The van der Waals surface area contributed by atoms with Crippen LogP contribution in [0.3, 0.4) is 0 Å². The zero-order chi connectivity index (χ0) is 24.1. The maximum atomic E-state index is 13.2. The molecule has 1 unspecified atom stereocenters. The molecule has 9 heteroatoms. The minimum atomic E-state index is -0.339. The van der Waals surface area contributed by atoms with Crippen LogP contribution in [0.1, 0.15) is 30.4 Å². The topological polar surface area (TPSA) is 49.9 Å². The van der Waals surface area contributed by atoms with E-state index in [-0.39, 0.29) is 36.7 Å². The summed E-state index contributed by atoms with van der Waals surface area (Å²) in [4.78, 5) is 29.8. The van der Waals surface area contributed by atoms with Gasteiger partial charge < -0.3 is 9.64 Å². The summed E-state index contributed by atoms with van der Waals surface area (Å²) in [6.45, 7) is 1.86. The zero-order valence-corrected chi connectivity index (χ0v) is 20.8. The van der Waals surface area contributed by atoms with Gasteiger partial charge in [0.25, 0.3) is 5.91 Å². The van der Waals surface area contributed by atoms with E-state index in [1.165, 1.54) is 28.8 Å². The van der Waals surface area contributed by atoms with Crippen molar-refractivity contribution in [1.82, 2.24) is 9.80 Å².